The number of hydrogen-bond donors (Lipinski definition) is 2. The molecule has 0 aliphatic heterocycles. The van der Waals surface area contributed by atoms with Gasteiger partial charge in [-0.25, -0.2) is 0 Å². The highest BCUT2D eigenvalue weighted by Gasteiger charge is 2.04. The van der Waals surface area contributed by atoms with E-state index in [1.165, 1.54) is 0 Å². The van der Waals surface area contributed by atoms with Gasteiger partial charge in [0.15, 0.2) is 5.96 Å². The molecule has 0 bridgehead atoms. The first-order valence-electron chi connectivity index (χ1n) is 3.72. The van der Waals surface area contributed by atoms with Gasteiger partial charge in [0.25, 0.3) is 0 Å². The Balaban J connectivity index is 3.68. The fourth-order valence-corrected chi connectivity index (χ4v) is 0.736. The van der Waals surface area contributed by atoms with Crippen molar-refractivity contribution in [2.45, 2.75) is 19.4 Å². The lowest BCUT2D eigenvalue weighted by Crippen LogP contribution is -2.41. The highest BCUT2D eigenvalue weighted by Crippen LogP contribution is 1.89. The first-order chi connectivity index (χ1) is 5.24. The number of aliphatic imine (C=N–C) groups is 1. The molecule has 0 spiro atoms. The fourth-order valence-electron chi connectivity index (χ4n) is 0.736. The van der Waals surface area contributed by atoms with E-state index < -0.39 is 0 Å². The third-order valence-corrected chi connectivity index (χ3v) is 1.45. The Labute approximate surface area is 67.8 Å². The third kappa shape index (κ3) is 4.61. The molecular formula is C7H17N3O. The summed E-state index contributed by atoms with van der Waals surface area (Å²) < 4.78 is 4.97. The maximum absolute atomic E-state index is 5.46. The van der Waals surface area contributed by atoms with Crippen LogP contribution in [-0.2, 0) is 4.74 Å². The van der Waals surface area contributed by atoms with E-state index in [0.717, 1.165) is 6.42 Å². The van der Waals surface area contributed by atoms with Gasteiger partial charge in [-0.05, 0) is 6.42 Å². The number of nitrogens with one attached hydrogen (secondary N) is 1. The van der Waals surface area contributed by atoms with Crippen molar-refractivity contribution in [2.75, 3.05) is 20.8 Å². The molecule has 0 saturated heterocycles. The lowest BCUT2D eigenvalue weighted by Gasteiger charge is -2.15. The van der Waals surface area contributed by atoms with Crippen LogP contribution in [0, 0.1) is 0 Å². The van der Waals surface area contributed by atoms with Crippen molar-refractivity contribution in [3.05, 3.63) is 0 Å². The summed E-state index contributed by atoms with van der Waals surface area (Å²) in [6.07, 6.45) is 0.976. The molecule has 0 aromatic carbocycles. The van der Waals surface area contributed by atoms with Gasteiger partial charge in [-0.3, -0.25) is 4.99 Å². The minimum atomic E-state index is 0.267. The second-order valence-corrected chi connectivity index (χ2v) is 2.31. The Kier molecular flexibility index (Phi) is 5.56. The van der Waals surface area contributed by atoms with E-state index >= 15 is 0 Å². The summed E-state index contributed by atoms with van der Waals surface area (Å²) >= 11 is 0. The molecule has 3 N–H and O–H groups in total. The number of hydrogen-bond acceptors (Lipinski definition) is 2. The maximum Gasteiger partial charge on any atom is 0.188 e. The summed E-state index contributed by atoms with van der Waals surface area (Å²) in [7, 11) is 3.32. The van der Waals surface area contributed by atoms with Crippen LogP contribution in [0.25, 0.3) is 0 Å². The first-order valence-corrected chi connectivity index (χ1v) is 3.72. The van der Waals surface area contributed by atoms with E-state index in [1.54, 1.807) is 14.2 Å². The van der Waals surface area contributed by atoms with Crippen molar-refractivity contribution in [1.29, 1.82) is 0 Å². The van der Waals surface area contributed by atoms with Crippen LogP contribution < -0.4 is 11.1 Å². The van der Waals surface area contributed by atoms with Crippen LogP contribution in [0.15, 0.2) is 4.99 Å². The summed E-state index contributed by atoms with van der Waals surface area (Å²) in [6, 6.07) is 0.267. The number of nitrogens with zero attached hydrogens (tertiary/aromatic N) is 1. The molecule has 0 saturated carbocycles. The highest BCUT2D eigenvalue weighted by atomic mass is 16.5. The number of rotatable bonds is 4. The van der Waals surface area contributed by atoms with E-state index in [9.17, 15) is 0 Å². The molecule has 4 heteroatoms. The van der Waals surface area contributed by atoms with Crippen LogP contribution >= 0.6 is 0 Å². The number of ether oxygens (including phenoxy) is 1. The molecule has 11 heavy (non-hydrogen) atoms. The highest BCUT2D eigenvalue weighted by molar-refractivity contribution is 5.77. The standard InChI is InChI=1S/C7H17N3O/c1-4-6(5-11-3)10-7(8)9-2/h6H,4-5H2,1-3H3,(H3,8,9,10). The third-order valence-electron chi connectivity index (χ3n) is 1.45. The monoisotopic (exact) mass is 159 g/mol. The van der Waals surface area contributed by atoms with E-state index in [-0.39, 0.29) is 6.04 Å². The van der Waals surface area contributed by atoms with Gasteiger partial charge in [-0.15, -0.1) is 0 Å². The molecule has 0 fully saturated rings. The van der Waals surface area contributed by atoms with Crippen molar-refractivity contribution >= 4 is 5.96 Å². The quantitative estimate of drug-likeness (QED) is 0.446. The van der Waals surface area contributed by atoms with Crippen molar-refractivity contribution in [3.63, 3.8) is 0 Å². The molecule has 0 aromatic heterocycles. The largest absolute Gasteiger partial charge is 0.383 e. The van der Waals surface area contributed by atoms with Gasteiger partial charge in [-0.2, -0.15) is 0 Å². The summed E-state index contributed by atoms with van der Waals surface area (Å²) in [6.45, 7) is 2.73. The number of nitrogens with two attached hydrogens (primary N) is 1. The summed E-state index contributed by atoms with van der Waals surface area (Å²) in [5, 5.41) is 3.02. The minimum Gasteiger partial charge on any atom is -0.383 e. The Bertz CT molecular complexity index is 125. The average Bonchev–Trinajstić information content (AvgIpc) is 2.03. The molecule has 0 radical (unpaired) electrons. The molecule has 0 aromatic rings. The molecule has 1 unspecified atom stereocenters. The van der Waals surface area contributed by atoms with Crippen LogP contribution in [0.2, 0.25) is 0 Å². The van der Waals surface area contributed by atoms with Crippen LogP contribution in [0.1, 0.15) is 13.3 Å². The zero-order valence-electron chi connectivity index (χ0n) is 7.42. The molecule has 0 amide bonds. The van der Waals surface area contributed by atoms with Gasteiger partial charge < -0.3 is 15.8 Å². The summed E-state index contributed by atoms with van der Waals surface area (Å²) in [4.78, 5) is 3.79. The minimum absolute atomic E-state index is 0.267. The maximum atomic E-state index is 5.46. The van der Waals surface area contributed by atoms with Crippen molar-refractivity contribution in [3.8, 4) is 0 Å². The molecule has 0 heterocycles. The van der Waals surface area contributed by atoms with Crippen molar-refractivity contribution < 1.29 is 4.74 Å². The molecule has 0 aliphatic rings. The Morgan fingerprint density at radius 1 is 1.73 bits per heavy atom. The van der Waals surface area contributed by atoms with Crippen LogP contribution in [0.3, 0.4) is 0 Å². The smallest absolute Gasteiger partial charge is 0.188 e. The van der Waals surface area contributed by atoms with Gasteiger partial charge in [0.1, 0.15) is 0 Å². The fraction of sp³-hybridized carbons (Fsp3) is 0.857. The van der Waals surface area contributed by atoms with Crippen LogP contribution in [0.5, 0.6) is 0 Å². The Hall–Kier alpha value is -0.770. The Morgan fingerprint density at radius 3 is 2.73 bits per heavy atom. The molecule has 66 valence electrons. The Morgan fingerprint density at radius 2 is 2.36 bits per heavy atom. The van der Waals surface area contributed by atoms with E-state index in [0.29, 0.717) is 12.6 Å². The van der Waals surface area contributed by atoms with Gasteiger partial charge in [0.2, 0.25) is 0 Å². The van der Waals surface area contributed by atoms with Gasteiger partial charge in [-0.1, -0.05) is 6.92 Å². The van der Waals surface area contributed by atoms with Crippen molar-refractivity contribution in [2.24, 2.45) is 10.7 Å². The SMILES string of the molecule is CCC(COC)NC(N)=NC. The van der Waals surface area contributed by atoms with Gasteiger partial charge >= 0.3 is 0 Å². The molecule has 0 aliphatic carbocycles. The van der Waals surface area contributed by atoms with E-state index in [2.05, 4.69) is 17.2 Å². The zero-order valence-corrected chi connectivity index (χ0v) is 7.42. The van der Waals surface area contributed by atoms with E-state index in [4.69, 9.17) is 10.5 Å². The number of methoxy groups -OCH3 is 1. The molecule has 0 rings (SSSR count). The lowest BCUT2D eigenvalue weighted by molar-refractivity contribution is 0.172. The van der Waals surface area contributed by atoms with Crippen LogP contribution in [-0.4, -0.2) is 32.8 Å². The molecule has 4 nitrogen and oxygen atoms in total. The molecular weight excluding hydrogens is 142 g/mol. The van der Waals surface area contributed by atoms with E-state index in [1.807, 2.05) is 0 Å². The second kappa shape index (κ2) is 5.97. The topological polar surface area (TPSA) is 59.6 Å². The lowest BCUT2D eigenvalue weighted by atomic mass is 10.2. The summed E-state index contributed by atoms with van der Waals surface area (Å²) in [5.41, 5.74) is 5.46. The van der Waals surface area contributed by atoms with Crippen molar-refractivity contribution in [1.82, 2.24) is 5.32 Å². The molecule has 1 atom stereocenters. The van der Waals surface area contributed by atoms with Gasteiger partial charge in [0.05, 0.1) is 12.6 Å². The normalized spacial score (nSPS) is 14.6. The predicted octanol–water partition coefficient (Wildman–Crippen LogP) is -0.0545. The zero-order chi connectivity index (χ0) is 8.69. The van der Waals surface area contributed by atoms with Gasteiger partial charge in [0, 0.05) is 14.2 Å². The van der Waals surface area contributed by atoms with Crippen LogP contribution in [0.4, 0.5) is 0 Å². The average molecular weight is 159 g/mol. The number of guanidine groups is 1. The second-order valence-electron chi connectivity index (χ2n) is 2.31. The predicted molar refractivity (Wildman–Crippen MR) is 46.6 cm³/mol. The first kappa shape index (κ1) is 10.2. The summed E-state index contributed by atoms with van der Waals surface area (Å²) in [5.74, 6) is 0.467.